The topological polar surface area (TPSA) is 40.5 Å². The van der Waals surface area contributed by atoms with E-state index in [-0.39, 0.29) is 0 Å². The van der Waals surface area contributed by atoms with Gasteiger partial charge in [-0.2, -0.15) is 0 Å². The van der Waals surface area contributed by atoms with Crippen LogP contribution in [0.4, 0.5) is 0 Å². The molecule has 0 radical (unpaired) electrons. The zero-order valence-electron chi connectivity index (χ0n) is 16.2. The molecular weight excluding hydrogens is 332 g/mol. The van der Waals surface area contributed by atoms with Crippen LogP contribution in [0.15, 0.2) is 78.0 Å². The molecule has 138 valence electrons. The summed E-state index contributed by atoms with van der Waals surface area (Å²) < 4.78 is 0. The summed E-state index contributed by atoms with van der Waals surface area (Å²) in [6, 6.07) is 12.5. The van der Waals surface area contributed by atoms with Gasteiger partial charge < -0.3 is 10.2 Å². The minimum absolute atomic E-state index is 0.807. The highest BCUT2D eigenvalue weighted by atomic mass is 15.3. The maximum atomic E-state index is 4.61. The van der Waals surface area contributed by atoms with Crippen molar-refractivity contribution in [2.45, 2.75) is 20.3 Å². The van der Waals surface area contributed by atoms with E-state index in [1.165, 1.54) is 11.1 Å². The van der Waals surface area contributed by atoms with Crippen LogP contribution in [0, 0.1) is 13.8 Å². The fraction of sp³-hybridized carbons (Fsp3) is 0.217. The van der Waals surface area contributed by atoms with Crippen LogP contribution >= 0.6 is 0 Å². The molecule has 0 bridgehead atoms. The minimum Gasteiger partial charge on any atom is -0.371 e. The third-order valence-electron chi connectivity index (χ3n) is 4.78. The van der Waals surface area contributed by atoms with Crippen LogP contribution in [0.3, 0.4) is 0 Å². The lowest BCUT2D eigenvalue weighted by Crippen LogP contribution is -2.31. The summed E-state index contributed by atoms with van der Waals surface area (Å²) in [5.74, 6) is 1.90. The SMILES string of the molecule is C=C/C(=C1/N=CC=C(NCCc2ccccn2)N1C)c1ccc(C)c(C)c1. The Balaban J connectivity index is 1.77. The number of hydrogen-bond acceptors (Lipinski definition) is 4. The molecule has 0 saturated carbocycles. The van der Waals surface area contributed by atoms with E-state index in [0.29, 0.717) is 0 Å². The van der Waals surface area contributed by atoms with Crippen LogP contribution in [0.2, 0.25) is 0 Å². The van der Waals surface area contributed by atoms with E-state index in [0.717, 1.165) is 41.4 Å². The van der Waals surface area contributed by atoms with Gasteiger partial charge in [-0.15, -0.1) is 0 Å². The maximum Gasteiger partial charge on any atom is 0.141 e. The maximum absolute atomic E-state index is 4.61. The van der Waals surface area contributed by atoms with E-state index < -0.39 is 0 Å². The molecule has 0 atom stereocenters. The summed E-state index contributed by atoms with van der Waals surface area (Å²) in [5.41, 5.74) is 5.77. The third kappa shape index (κ3) is 4.34. The zero-order valence-corrected chi connectivity index (χ0v) is 16.2. The fourth-order valence-electron chi connectivity index (χ4n) is 3.03. The Morgan fingerprint density at radius 3 is 2.74 bits per heavy atom. The number of benzene rings is 1. The molecule has 1 aromatic carbocycles. The van der Waals surface area contributed by atoms with Gasteiger partial charge in [0.25, 0.3) is 0 Å². The summed E-state index contributed by atoms with van der Waals surface area (Å²) in [5, 5.41) is 3.49. The van der Waals surface area contributed by atoms with Crippen molar-refractivity contribution >= 4 is 11.8 Å². The van der Waals surface area contributed by atoms with Crippen molar-refractivity contribution in [1.82, 2.24) is 15.2 Å². The van der Waals surface area contributed by atoms with Gasteiger partial charge in [-0.1, -0.05) is 36.9 Å². The molecule has 4 nitrogen and oxygen atoms in total. The molecule has 0 saturated heterocycles. The molecule has 1 aromatic heterocycles. The fourth-order valence-corrected chi connectivity index (χ4v) is 3.03. The number of allylic oxidation sites excluding steroid dienone is 3. The first-order valence-corrected chi connectivity index (χ1v) is 9.16. The molecule has 0 amide bonds. The predicted octanol–water partition coefficient (Wildman–Crippen LogP) is 4.24. The molecule has 2 aromatic rings. The van der Waals surface area contributed by atoms with Gasteiger partial charge in [-0.05, 0) is 48.7 Å². The molecular formula is C23H26N4. The summed E-state index contributed by atoms with van der Waals surface area (Å²) in [7, 11) is 2.02. The molecule has 0 unspecified atom stereocenters. The molecule has 1 aliphatic heterocycles. The van der Waals surface area contributed by atoms with Crippen molar-refractivity contribution in [1.29, 1.82) is 0 Å². The van der Waals surface area contributed by atoms with Crippen molar-refractivity contribution in [3.8, 4) is 0 Å². The highest BCUT2D eigenvalue weighted by Gasteiger charge is 2.17. The Bertz CT molecular complexity index is 907. The van der Waals surface area contributed by atoms with E-state index in [9.17, 15) is 0 Å². The molecule has 3 rings (SSSR count). The number of aliphatic imine (C=N–C) groups is 1. The first-order chi connectivity index (χ1) is 13.1. The van der Waals surface area contributed by atoms with Crippen molar-refractivity contribution in [3.05, 3.63) is 95.4 Å². The van der Waals surface area contributed by atoms with Gasteiger partial charge in [0, 0.05) is 43.7 Å². The monoisotopic (exact) mass is 358 g/mol. The Labute approximate surface area is 161 Å². The number of rotatable bonds is 6. The lowest BCUT2D eigenvalue weighted by atomic mass is 10.00. The molecule has 4 heteroatoms. The van der Waals surface area contributed by atoms with Crippen LogP contribution < -0.4 is 5.32 Å². The highest BCUT2D eigenvalue weighted by molar-refractivity contribution is 5.82. The Morgan fingerprint density at radius 2 is 2.04 bits per heavy atom. The molecule has 1 aliphatic rings. The lowest BCUT2D eigenvalue weighted by Gasteiger charge is -2.28. The average molecular weight is 358 g/mol. The zero-order chi connectivity index (χ0) is 19.2. The van der Waals surface area contributed by atoms with Gasteiger partial charge in [-0.25, -0.2) is 4.99 Å². The summed E-state index contributed by atoms with van der Waals surface area (Å²) in [4.78, 5) is 11.1. The standard InChI is InChI=1S/C23H26N4/c1-5-21(19-10-9-17(2)18(3)16-19)23-26-15-12-22(27(23)4)25-14-11-20-8-6-7-13-24-20/h5-10,12-13,15-16,25H,1,11,14H2,2-4H3/b23-21+. The molecule has 0 spiro atoms. The molecule has 2 heterocycles. The van der Waals surface area contributed by atoms with Crippen molar-refractivity contribution in [2.24, 2.45) is 4.99 Å². The summed E-state index contributed by atoms with van der Waals surface area (Å²) in [6.07, 6.45) is 8.40. The quantitative estimate of drug-likeness (QED) is 0.839. The largest absolute Gasteiger partial charge is 0.371 e. The van der Waals surface area contributed by atoms with Crippen LogP contribution in [0.5, 0.6) is 0 Å². The highest BCUT2D eigenvalue weighted by Crippen LogP contribution is 2.27. The number of nitrogens with zero attached hydrogens (tertiary/aromatic N) is 3. The van der Waals surface area contributed by atoms with E-state index in [1.54, 1.807) is 0 Å². The summed E-state index contributed by atoms with van der Waals surface area (Å²) >= 11 is 0. The normalized spacial score (nSPS) is 15.4. The second-order valence-corrected chi connectivity index (χ2v) is 6.63. The van der Waals surface area contributed by atoms with Crippen LogP contribution in [-0.2, 0) is 6.42 Å². The Kier molecular flexibility index (Phi) is 5.87. The first-order valence-electron chi connectivity index (χ1n) is 9.16. The van der Waals surface area contributed by atoms with E-state index in [1.807, 2.05) is 49.8 Å². The molecule has 0 aliphatic carbocycles. The van der Waals surface area contributed by atoms with Crippen LogP contribution in [0.1, 0.15) is 22.4 Å². The Hall–Kier alpha value is -3.14. The van der Waals surface area contributed by atoms with E-state index >= 15 is 0 Å². The van der Waals surface area contributed by atoms with Crippen LogP contribution in [0.25, 0.3) is 5.57 Å². The Morgan fingerprint density at radius 1 is 1.19 bits per heavy atom. The second-order valence-electron chi connectivity index (χ2n) is 6.63. The smallest absolute Gasteiger partial charge is 0.141 e. The lowest BCUT2D eigenvalue weighted by molar-refractivity contribution is 0.462. The number of aryl methyl sites for hydroxylation is 2. The summed E-state index contributed by atoms with van der Waals surface area (Å²) in [6.45, 7) is 9.08. The van der Waals surface area contributed by atoms with Gasteiger partial charge in [0.2, 0.25) is 0 Å². The van der Waals surface area contributed by atoms with Crippen molar-refractivity contribution in [3.63, 3.8) is 0 Å². The number of nitrogens with one attached hydrogen (secondary N) is 1. The van der Waals surface area contributed by atoms with Crippen molar-refractivity contribution < 1.29 is 0 Å². The number of pyridine rings is 1. The van der Waals surface area contributed by atoms with Crippen LogP contribution in [-0.4, -0.2) is 29.7 Å². The molecule has 0 fully saturated rings. The van der Waals surface area contributed by atoms with Gasteiger partial charge in [-0.3, -0.25) is 4.98 Å². The van der Waals surface area contributed by atoms with Gasteiger partial charge in [0.1, 0.15) is 11.6 Å². The molecule has 27 heavy (non-hydrogen) atoms. The molecule has 1 N–H and O–H groups in total. The predicted molar refractivity (Wildman–Crippen MR) is 113 cm³/mol. The van der Waals surface area contributed by atoms with Crippen molar-refractivity contribution in [2.75, 3.05) is 13.6 Å². The average Bonchev–Trinajstić information content (AvgIpc) is 2.68. The second kappa shape index (κ2) is 8.49. The van der Waals surface area contributed by atoms with Gasteiger partial charge >= 0.3 is 0 Å². The van der Waals surface area contributed by atoms with E-state index in [2.05, 4.69) is 58.8 Å². The minimum atomic E-state index is 0.807. The number of hydrogen-bond donors (Lipinski definition) is 1. The van der Waals surface area contributed by atoms with Gasteiger partial charge in [0.05, 0.1) is 0 Å². The third-order valence-corrected chi connectivity index (χ3v) is 4.78. The van der Waals surface area contributed by atoms with Gasteiger partial charge in [0.15, 0.2) is 0 Å². The van der Waals surface area contributed by atoms with E-state index in [4.69, 9.17) is 0 Å². The first kappa shape index (κ1) is 18.6. The number of aromatic nitrogens is 1.